The lowest BCUT2D eigenvalue weighted by Gasteiger charge is -2.02. The van der Waals surface area contributed by atoms with Crippen LogP contribution in [0, 0.1) is 18.3 Å². The van der Waals surface area contributed by atoms with Gasteiger partial charge in [0.05, 0.1) is 0 Å². The molecule has 1 heteroatoms. The molecule has 0 rings (SSSR count). The average molecular weight is 137 g/mol. The molecular formula is C9H15N. The Morgan fingerprint density at radius 3 is 2.80 bits per heavy atom. The first-order chi connectivity index (χ1) is 4.77. The Balaban J connectivity index is 3.07. The fraction of sp³-hybridized carbons (Fsp3) is 0.556. The Bertz CT molecular complexity index is 128. The molecule has 0 spiro atoms. The Morgan fingerprint density at radius 2 is 2.30 bits per heavy atom. The largest absolute Gasteiger partial charge is 0.390 e. The summed E-state index contributed by atoms with van der Waals surface area (Å²) in [5.41, 5.74) is 0. The number of terminal acetylenes is 1. The van der Waals surface area contributed by atoms with Crippen molar-refractivity contribution in [3.05, 3.63) is 12.3 Å². The number of rotatable bonds is 4. The van der Waals surface area contributed by atoms with Crippen LogP contribution in [-0.2, 0) is 0 Å². The van der Waals surface area contributed by atoms with Crippen molar-refractivity contribution in [1.29, 1.82) is 0 Å². The summed E-state index contributed by atoms with van der Waals surface area (Å²) < 4.78 is 0. The van der Waals surface area contributed by atoms with Crippen molar-refractivity contribution >= 4 is 0 Å². The molecule has 0 aromatic heterocycles. The molecule has 10 heavy (non-hydrogen) atoms. The third-order valence-corrected chi connectivity index (χ3v) is 1.16. The average Bonchev–Trinajstić information content (AvgIpc) is 1.87. The van der Waals surface area contributed by atoms with E-state index in [0.29, 0.717) is 0 Å². The fourth-order valence-electron chi connectivity index (χ4n) is 0.562. The summed E-state index contributed by atoms with van der Waals surface area (Å²) in [4.78, 5) is 0. The van der Waals surface area contributed by atoms with Gasteiger partial charge in [-0.25, -0.2) is 0 Å². The van der Waals surface area contributed by atoms with E-state index in [-0.39, 0.29) is 0 Å². The van der Waals surface area contributed by atoms with Crippen LogP contribution in [0.1, 0.15) is 20.3 Å². The van der Waals surface area contributed by atoms with Gasteiger partial charge in [0, 0.05) is 18.8 Å². The smallest absolute Gasteiger partial charge is 0.0144 e. The molecule has 0 bridgehead atoms. The molecular weight excluding hydrogens is 122 g/mol. The summed E-state index contributed by atoms with van der Waals surface area (Å²) in [6.45, 7) is 5.41. The van der Waals surface area contributed by atoms with Gasteiger partial charge in [-0.3, -0.25) is 0 Å². The molecule has 0 aliphatic carbocycles. The van der Waals surface area contributed by atoms with E-state index in [4.69, 9.17) is 6.42 Å². The number of allylic oxidation sites excluding steroid dienone is 1. The zero-order valence-electron chi connectivity index (χ0n) is 6.72. The maximum Gasteiger partial charge on any atom is 0.0144 e. The maximum absolute atomic E-state index is 4.99. The maximum atomic E-state index is 4.99. The van der Waals surface area contributed by atoms with Crippen LogP contribution in [0.15, 0.2) is 12.3 Å². The first-order valence-corrected chi connectivity index (χ1v) is 3.62. The molecule has 1 nitrogen and oxygen atoms in total. The standard InChI is InChI=1S/C9H15N/c1-4-5-7-10-8-6-9(2)3/h1,5,7,9-10H,6,8H2,2-3H3/b7-5+. The summed E-state index contributed by atoms with van der Waals surface area (Å²) in [6, 6.07) is 0. The molecule has 0 unspecified atom stereocenters. The lowest BCUT2D eigenvalue weighted by Crippen LogP contribution is -2.08. The Kier molecular flexibility index (Phi) is 5.66. The SMILES string of the molecule is C#C/C=C/NCCC(C)C. The van der Waals surface area contributed by atoms with Crippen LogP contribution in [0.4, 0.5) is 0 Å². The first kappa shape index (κ1) is 9.10. The van der Waals surface area contributed by atoms with E-state index in [9.17, 15) is 0 Å². The van der Waals surface area contributed by atoms with Crippen molar-refractivity contribution in [2.75, 3.05) is 6.54 Å². The second kappa shape index (κ2) is 6.22. The van der Waals surface area contributed by atoms with Crippen molar-refractivity contribution in [2.24, 2.45) is 5.92 Å². The first-order valence-electron chi connectivity index (χ1n) is 3.62. The topological polar surface area (TPSA) is 12.0 Å². The zero-order chi connectivity index (χ0) is 7.82. The van der Waals surface area contributed by atoms with E-state index in [1.807, 2.05) is 6.20 Å². The van der Waals surface area contributed by atoms with Gasteiger partial charge in [-0.1, -0.05) is 19.8 Å². The summed E-state index contributed by atoms with van der Waals surface area (Å²) in [5, 5.41) is 3.09. The normalized spacial score (nSPS) is 10.2. The van der Waals surface area contributed by atoms with Crippen LogP contribution in [0.25, 0.3) is 0 Å². The van der Waals surface area contributed by atoms with Gasteiger partial charge in [0.2, 0.25) is 0 Å². The van der Waals surface area contributed by atoms with Gasteiger partial charge in [0.1, 0.15) is 0 Å². The predicted octanol–water partition coefficient (Wildman–Crippen LogP) is 1.77. The van der Waals surface area contributed by atoms with E-state index in [1.165, 1.54) is 6.42 Å². The van der Waals surface area contributed by atoms with Crippen molar-refractivity contribution in [1.82, 2.24) is 5.32 Å². The van der Waals surface area contributed by atoms with Crippen LogP contribution in [0.3, 0.4) is 0 Å². The minimum Gasteiger partial charge on any atom is -0.390 e. The van der Waals surface area contributed by atoms with Crippen molar-refractivity contribution in [3.8, 4) is 12.3 Å². The van der Waals surface area contributed by atoms with Crippen LogP contribution in [-0.4, -0.2) is 6.54 Å². The third-order valence-electron chi connectivity index (χ3n) is 1.16. The van der Waals surface area contributed by atoms with E-state index in [1.54, 1.807) is 6.08 Å². The zero-order valence-corrected chi connectivity index (χ0v) is 6.72. The molecule has 0 aromatic carbocycles. The number of hydrogen-bond donors (Lipinski definition) is 1. The predicted molar refractivity (Wildman–Crippen MR) is 45.4 cm³/mol. The van der Waals surface area contributed by atoms with Gasteiger partial charge < -0.3 is 5.32 Å². The highest BCUT2D eigenvalue weighted by Crippen LogP contribution is 1.95. The van der Waals surface area contributed by atoms with E-state index in [0.717, 1.165) is 12.5 Å². The molecule has 0 saturated heterocycles. The lowest BCUT2D eigenvalue weighted by molar-refractivity contribution is 0.571. The second-order valence-corrected chi connectivity index (χ2v) is 2.64. The molecule has 0 radical (unpaired) electrons. The highest BCUT2D eigenvalue weighted by molar-refractivity contribution is 5.07. The van der Waals surface area contributed by atoms with E-state index in [2.05, 4.69) is 25.1 Å². The molecule has 0 fully saturated rings. The Labute approximate surface area is 63.5 Å². The van der Waals surface area contributed by atoms with Crippen LogP contribution in [0.2, 0.25) is 0 Å². The van der Waals surface area contributed by atoms with E-state index < -0.39 is 0 Å². The number of nitrogens with one attached hydrogen (secondary N) is 1. The Hall–Kier alpha value is -0.900. The third kappa shape index (κ3) is 7.10. The van der Waals surface area contributed by atoms with Gasteiger partial charge >= 0.3 is 0 Å². The fourth-order valence-corrected chi connectivity index (χ4v) is 0.562. The minimum atomic E-state index is 0.756. The van der Waals surface area contributed by atoms with Gasteiger partial charge in [-0.15, -0.1) is 6.42 Å². The molecule has 56 valence electrons. The quantitative estimate of drug-likeness (QED) is 0.460. The Morgan fingerprint density at radius 1 is 1.60 bits per heavy atom. The van der Waals surface area contributed by atoms with Gasteiger partial charge in [0.15, 0.2) is 0 Å². The van der Waals surface area contributed by atoms with Crippen molar-refractivity contribution in [3.63, 3.8) is 0 Å². The summed E-state index contributed by atoms with van der Waals surface area (Å²) in [6.07, 6.45) is 9.66. The summed E-state index contributed by atoms with van der Waals surface area (Å²) in [5.74, 6) is 3.17. The minimum absolute atomic E-state index is 0.756. The summed E-state index contributed by atoms with van der Waals surface area (Å²) in [7, 11) is 0. The molecule has 0 atom stereocenters. The van der Waals surface area contributed by atoms with Crippen LogP contribution >= 0.6 is 0 Å². The molecule has 0 aliphatic heterocycles. The molecule has 1 N–H and O–H groups in total. The molecule has 0 amide bonds. The van der Waals surface area contributed by atoms with Crippen molar-refractivity contribution in [2.45, 2.75) is 20.3 Å². The van der Waals surface area contributed by atoms with Crippen molar-refractivity contribution < 1.29 is 0 Å². The monoisotopic (exact) mass is 137 g/mol. The lowest BCUT2D eigenvalue weighted by atomic mass is 10.1. The van der Waals surface area contributed by atoms with Gasteiger partial charge in [-0.05, 0) is 12.3 Å². The van der Waals surface area contributed by atoms with Crippen LogP contribution < -0.4 is 5.32 Å². The molecule has 0 heterocycles. The number of hydrogen-bond acceptors (Lipinski definition) is 1. The molecule has 0 aliphatic rings. The highest BCUT2D eigenvalue weighted by atomic mass is 14.8. The van der Waals surface area contributed by atoms with Crippen LogP contribution in [0.5, 0.6) is 0 Å². The summed E-state index contributed by atoms with van der Waals surface area (Å²) >= 11 is 0. The highest BCUT2D eigenvalue weighted by Gasteiger charge is 1.89. The van der Waals surface area contributed by atoms with E-state index >= 15 is 0 Å². The molecule has 0 saturated carbocycles. The van der Waals surface area contributed by atoms with Gasteiger partial charge in [-0.2, -0.15) is 0 Å². The van der Waals surface area contributed by atoms with Gasteiger partial charge in [0.25, 0.3) is 0 Å². The molecule has 0 aromatic rings. The second-order valence-electron chi connectivity index (χ2n) is 2.64.